The van der Waals surface area contributed by atoms with E-state index in [4.69, 9.17) is 4.74 Å². The average molecular weight is 435 g/mol. The number of alkyl halides is 3. The summed E-state index contributed by atoms with van der Waals surface area (Å²) < 4.78 is 44.0. The molecule has 0 bridgehead atoms. The maximum atomic E-state index is 12.9. The molecule has 0 aliphatic carbocycles. The third-order valence-electron chi connectivity index (χ3n) is 5.52. The second kappa shape index (κ2) is 10.0. The van der Waals surface area contributed by atoms with Gasteiger partial charge in [-0.15, -0.1) is 0 Å². The number of aryl methyl sites for hydroxylation is 1. The second-order valence-corrected chi connectivity index (χ2v) is 7.67. The van der Waals surface area contributed by atoms with Gasteiger partial charge >= 0.3 is 6.18 Å². The van der Waals surface area contributed by atoms with E-state index >= 15 is 0 Å². The van der Waals surface area contributed by atoms with Crippen LogP contribution in [-0.2, 0) is 6.18 Å². The van der Waals surface area contributed by atoms with Crippen LogP contribution in [-0.4, -0.2) is 57.2 Å². The largest absolute Gasteiger partial charge is 0.496 e. The van der Waals surface area contributed by atoms with Gasteiger partial charge in [-0.1, -0.05) is 12.1 Å². The molecule has 0 atom stereocenters. The van der Waals surface area contributed by atoms with Gasteiger partial charge in [0.2, 0.25) is 0 Å². The van der Waals surface area contributed by atoms with Gasteiger partial charge in [0.05, 0.1) is 12.7 Å². The predicted octanol–water partition coefficient (Wildman–Crippen LogP) is 3.96. The lowest BCUT2D eigenvalue weighted by Gasteiger charge is -2.36. The number of amides is 1. The molecule has 8 heteroatoms. The van der Waals surface area contributed by atoms with Gasteiger partial charge in [0, 0.05) is 44.0 Å². The highest BCUT2D eigenvalue weighted by molar-refractivity contribution is 5.94. The van der Waals surface area contributed by atoms with Gasteiger partial charge in [0.1, 0.15) is 5.75 Å². The third kappa shape index (κ3) is 6.13. The summed E-state index contributed by atoms with van der Waals surface area (Å²) in [6.07, 6.45) is -3.52. The maximum Gasteiger partial charge on any atom is 0.416 e. The van der Waals surface area contributed by atoms with E-state index in [1.807, 2.05) is 17.9 Å². The molecule has 1 N–H and O–H groups in total. The van der Waals surface area contributed by atoms with E-state index in [0.717, 1.165) is 37.7 Å². The first-order valence-electron chi connectivity index (χ1n) is 10.4. The van der Waals surface area contributed by atoms with Crippen molar-refractivity contribution in [2.75, 3.05) is 51.3 Å². The van der Waals surface area contributed by atoms with E-state index in [1.165, 1.54) is 12.1 Å². The zero-order valence-corrected chi connectivity index (χ0v) is 17.8. The number of carbonyl (C=O) groups excluding carboxylic acids is 1. The summed E-state index contributed by atoms with van der Waals surface area (Å²) in [4.78, 5) is 16.6. The number of halogens is 3. The number of anilines is 1. The van der Waals surface area contributed by atoms with Crippen molar-refractivity contribution >= 4 is 11.6 Å². The quantitative estimate of drug-likeness (QED) is 0.669. The van der Waals surface area contributed by atoms with E-state index in [1.54, 1.807) is 25.3 Å². The number of nitrogens with zero attached hydrogens (tertiary/aromatic N) is 2. The van der Waals surface area contributed by atoms with Crippen LogP contribution in [0.1, 0.15) is 27.9 Å². The minimum absolute atomic E-state index is 0.132. The molecule has 2 aromatic carbocycles. The summed E-state index contributed by atoms with van der Waals surface area (Å²) >= 11 is 0. The van der Waals surface area contributed by atoms with E-state index in [0.29, 0.717) is 36.6 Å². The molecule has 1 fully saturated rings. The molecular formula is C23H28F3N3O2. The van der Waals surface area contributed by atoms with Crippen molar-refractivity contribution in [3.63, 3.8) is 0 Å². The summed E-state index contributed by atoms with van der Waals surface area (Å²) in [5, 5.41) is 2.93. The molecular weight excluding hydrogens is 407 g/mol. The van der Waals surface area contributed by atoms with Crippen molar-refractivity contribution in [1.82, 2.24) is 10.2 Å². The van der Waals surface area contributed by atoms with E-state index < -0.39 is 11.7 Å². The fourth-order valence-electron chi connectivity index (χ4n) is 3.68. The van der Waals surface area contributed by atoms with Crippen LogP contribution in [0.4, 0.5) is 18.9 Å². The van der Waals surface area contributed by atoms with E-state index in [-0.39, 0.29) is 5.91 Å². The van der Waals surface area contributed by atoms with Gasteiger partial charge < -0.3 is 15.0 Å². The SMILES string of the molecule is COc1cc(C(=O)NCCCN2CCN(c3cccc(C(F)(F)F)c3)CC2)ccc1C. The number of rotatable bonds is 7. The van der Waals surface area contributed by atoms with Crippen LogP contribution in [0.15, 0.2) is 42.5 Å². The second-order valence-electron chi connectivity index (χ2n) is 7.67. The topological polar surface area (TPSA) is 44.8 Å². The van der Waals surface area contributed by atoms with Crippen LogP contribution >= 0.6 is 0 Å². The minimum atomic E-state index is -4.33. The molecule has 0 saturated carbocycles. The molecule has 0 radical (unpaired) electrons. The van der Waals surface area contributed by atoms with Crippen LogP contribution in [0.5, 0.6) is 5.75 Å². The summed E-state index contributed by atoms with van der Waals surface area (Å²) in [5.41, 5.74) is 1.53. The van der Waals surface area contributed by atoms with Crippen LogP contribution in [0.2, 0.25) is 0 Å². The van der Waals surface area contributed by atoms with Crippen molar-refractivity contribution in [2.24, 2.45) is 0 Å². The molecule has 1 saturated heterocycles. The lowest BCUT2D eigenvalue weighted by atomic mass is 10.1. The number of carbonyl (C=O) groups is 1. The molecule has 31 heavy (non-hydrogen) atoms. The number of nitrogens with one attached hydrogen (secondary N) is 1. The normalized spacial score (nSPS) is 15.1. The zero-order chi connectivity index (χ0) is 22.4. The molecule has 0 unspecified atom stereocenters. The first-order chi connectivity index (χ1) is 14.8. The Balaban J connectivity index is 1.40. The minimum Gasteiger partial charge on any atom is -0.496 e. The Morgan fingerprint density at radius 2 is 1.84 bits per heavy atom. The first-order valence-corrected chi connectivity index (χ1v) is 10.4. The van der Waals surface area contributed by atoms with Crippen molar-refractivity contribution < 1.29 is 22.7 Å². The zero-order valence-electron chi connectivity index (χ0n) is 17.8. The molecule has 1 aliphatic heterocycles. The number of methoxy groups -OCH3 is 1. The molecule has 168 valence electrons. The summed E-state index contributed by atoms with van der Waals surface area (Å²) in [5.74, 6) is 0.555. The molecule has 1 heterocycles. The standard InChI is InChI=1S/C23H28F3N3O2/c1-17-7-8-18(15-21(17)31-2)22(30)27-9-4-10-28-11-13-29(14-12-28)20-6-3-5-19(16-20)23(24,25)26/h3,5-8,15-16H,4,9-14H2,1-2H3,(H,27,30). The van der Waals surface area contributed by atoms with Crippen molar-refractivity contribution in [3.8, 4) is 5.75 Å². The maximum absolute atomic E-state index is 12.9. The Labute approximate surface area is 180 Å². The fraction of sp³-hybridized carbons (Fsp3) is 0.435. The smallest absolute Gasteiger partial charge is 0.416 e. The Hall–Kier alpha value is -2.74. The monoisotopic (exact) mass is 435 g/mol. The average Bonchev–Trinajstić information content (AvgIpc) is 2.77. The molecule has 0 aromatic heterocycles. The van der Waals surface area contributed by atoms with Crippen LogP contribution in [0.3, 0.4) is 0 Å². The lowest BCUT2D eigenvalue weighted by Crippen LogP contribution is -2.47. The molecule has 1 amide bonds. The Kier molecular flexibility index (Phi) is 7.43. The molecule has 3 rings (SSSR count). The van der Waals surface area contributed by atoms with Gasteiger partial charge in [0.25, 0.3) is 5.91 Å². The van der Waals surface area contributed by atoms with E-state index in [9.17, 15) is 18.0 Å². The van der Waals surface area contributed by atoms with Crippen molar-refractivity contribution in [2.45, 2.75) is 19.5 Å². The number of hydrogen-bond acceptors (Lipinski definition) is 4. The molecule has 1 aliphatic rings. The highest BCUT2D eigenvalue weighted by Crippen LogP contribution is 2.31. The van der Waals surface area contributed by atoms with Gasteiger partial charge in [-0.3, -0.25) is 9.69 Å². The van der Waals surface area contributed by atoms with Crippen molar-refractivity contribution in [3.05, 3.63) is 59.2 Å². The number of hydrogen-bond donors (Lipinski definition) is 1. The number of piperazine rings is 1. The number of benzene rings is 2. The van der Waals surface area contributed by atoms with Crippen LogP contribution in [0.25, 0.3) is 0 Å². The summed E-state index contributed by atoms with van der Waals surface area (Å²) in [6, 6.07) is 10.9. The first kappa shape index (κ1) is 22.9. The summed E-state index contributed by atoms with van der Waals surface area (Å²) in [6.45, 7) is 6.22. The summed E-state index contributed by atoms with van der Waals surface area (Å²) in [7, 11) is 1.58. The highest BCUT2D eigenvalue weighted by Gasteiger charge is 2.31. The van der Waals surface area contributed by atoms with Crippen LogP contribution in [0, 0.1) is 6.92 Å². The van der Waals surface area contributed by atoms with Gasteiger partial charge in [-0.25, -0.2) is 0 Å². The molecule has 2 aromatic rings. The molecule has 0 spiro atoms. The van der Waals surface area contributed by atoms with Crippen molar-refractivity contribution in [1.29, 1.82) is 0 Å². The van der Waals surface area contributed by atoms with Gasteiger partial charge in [0.15, 0.2) is 0 Å². The van der Waals surface area contributed by atoms with Gasteiger partial charge in [-0.2, -0.15) is 13.2 Å². The Morgan fingerprint density at radius 1 is 1.10 bits per heavy atom. The lowest BCUT2D eigenvalue weighted by molar-refractivity contribution is -0.137. The Morgan fingerprint density at radius 3 is 2.52 bits per heavy atom. The van der Waals surface area contributed by atoms with E-state index in [2.05, 4.69) is 10.2 Å². The van der Waals surface area contributed by atoms with Crippen LogP contribution < -0.4 is 15.0 Å². The highest BCUT2D eigenvalue weighted by atomic mass is 19.4. The Bertz CT molecular complexity index is 894. The third-order valence-corrected chi connectivity index (χ3v) is 5.52. The van der Waals surface area contributed by atoms with Gasteiger partial charge in [-0.05, 0) is 55.8 Å². The number of ether oxygens (including phenoxy) is 1. The molecule has 5 nitrogen and oxygen atoms in total. The predicted molar refractivity (Wildman–Crippen MR) is 115 cm³/mol. The fourth-order valence-corrected chi connectivity index (χ4v) is 3.68.